The van der Waals surface area contributed by atoms with Crippen LogP contribution in [-0.4, -0.2) is 19.1 Å². The third kappa shape index (κ3) is 2.36. The molecule has 0 bridgehead atoms. The minimum Gasteiger partial charge on any atom is -0.370 e. The van der Waals surface area contributed by atoms with E-state index in [-0.39, 0.29) is 12.4 Å². The maximum Gasteiger partial charge on any atom is 0.0366 e. The van der Waals surface area contributed by atoms with Crippen LogP contribution in [0.2, 0.25) is 0 Å². The summed E-state index contributed by atoms with van der Waals surface area (Å²) in [4.78, 5) is 2.34. The summed E-state index contributed by atoms with van der Waals surface area (Å²) in [5.74, 6) is 0. The lowest BCUT2D eigenvalue weighted by Crippen LogP contribution is -2.26. The molecule has 0 unspecified atom stereocenters. The Morgan fingerprint density at radius 3 is 2.46 bits per heavy atom. The molecule has 1 fully saturated rings. The van der Waals surface area contributed by atoms with Gasteiger partial charge in [0, 0.05) is 24.8 Å². The normalized spacial score (nSPS) is 21.3. The van der Waals surface area contributed by atoms with Crippen LogP contribution in [0.4, 0.5) is 5.69 Å². The first-order chi connectivity index (χ1) is 5.86. The van der Waals surface area contributed by atoms with E-state index in [1.54, 1.807) is 0 Å². The molecule has 1 aliphatic heterocycles. The first-order valence-electron chi connectivity index (χ1n) is 4.42. The molecule has 72 valence electrons. The summed E-state index contributed by atoms with van der Waals surface area (Å²) in [6, 6.07) is 10.8. The van der Waals surface area contributed by atoms with Crippen molar-refractivity contribution in [1.82, 2.24) is 0 Å². The Morgan fingerprint density at radius 2 is 1.92 bits per heavy atom. The Labute approximate surface area is 85.1 Å². The van der Waals surface area contributed by atoms with Crippen molar-refractivity contribution < 1.29 is 0 Å². The van der Waals surface area contributed by atoms with Crippen LogP contribution in [0.15, 0.2) is 30.3 Å². The van der Waals surface area contributed by atoms with Crippen molar-refractivity contribution in [2.75, 3.05) is 18.0 Å². The summed E-state index contributed by atoms with van der Waals surface area (Å²) in [6.07, 6.45) is 1.12. The van der Waals surface area contributed by atoms with Crippen LogP contribution in [0.5, 0.6) is 0 Å². The molecule has 0 saturated carbocycles. The van der Waals surface area contributed by atoms with Crippen LogP contribution < -0.4 is 10.6 Å². The maximum absolute atomic E-state index is 5.82. The molecule has 0 amide bonds. The first kappa shape index (κ1) is 10.4. The van der Waals surface area contributed by atoms with Gasteiger partial charge in [0.15, 0.2) is 0 Å². The van der Waals surface area contributed by atoms with E-state index in [2.05, 4.69) is 29.2 Å². The van der Waals surface area contributed by atoms with Crippen molar-refractivity contribution in [2.45, 2.75) is 12.5 Å². The molecule has 3 heteroatoms. The molecule has 0 aromatic heterocycles. The molecule has 0 spiro atoms. The van der Waals surface area contributed by atoms with Crippen LogP contribution in [0.25, 0.3) is 0 Å². The van der Waals surface area contributed by atoms with Gasteiger partial charge in [0.2, 0.25) is 0 Å². The Kier molecular flexibility index (Phi) is 3.58. The highest BCUT2D eigenvalue weighted by atomic mass is 35.5. The Balaban J connectivity index is 0.000000845. The molecule has 1 aromatic carbocycles. The predicted octanol–water partition coefficient (Wildman–Crippen LogP) is 1.65. The number of hydrogen-bond donors (Lipinski definition) is 1. The summed E-state index contributed by atoms with van der Waals surface area (Å²) < 4.78 is 0. The zero-order valence-corrected chi connectivity index (χ0v) is 8.33. The minimum atomic E-state index is 0. The van der Waals surface area contributed by atoms with Crippen molar-refractivity contribution in [3.8, 4) is 0 Å². The number of hydrogen-bond acceptors (Lipinski definition) is 2. The van der Waals surface area contributed by atoms with E-state index in [9.17, 15) is 0 Å². The number of nitrogens with two attached hydrogens (primary N) is 1. The number of nitrogens with zero attached hydrogens (tertiary/aromatic N) is 1. The number of para-hydroxylation sites is 1. The number of anilines is 1. The highest BCUT2D eigenvalue weighted by molar-refractivity contribution is 5.85. The van der Waals surface area contributed by atoms with Gasteiger partial charge in [-0.2, -0.15) is 0 Å². The standard InChI is InChI=1S/C10H14N2.ClH/c11-9-6-7-12(8-9)10-4-2-1-3-5-10;/h1-5,9H,6-8,11H2;1H/t9-;/m1./s1. The Morgan fingerprint density at radius 1 is 1.23 bits per heavy atom. The van der Waals surface area contributed by atoms with Gasteiger partial charge in [0.25, 0.3) is 0 Å². The highest BCUT2D eigenvalue weighted by Crippen LogP contribution is 2.18. The monoisotopic (exact) mass is 198 g/mol. The summed E-state index contributed by atoms with van der Waals surface area (Å²) in [5, 5.41) is 0. The van der Waals surface area contributed by atoms with Gasteiger partial charge >= 0.3 is 0 Å². The molecule has 1 atom stereocenters. The predicted molar refractivity (Wildman–Crippen MR) is 58.5 cm³/mol. The molecule has 1 aromatic rings. The van der Waals surface area contributed by atoms with Gasteiger partial charge < -0.3 is 10.6 Å². The average molecular weight is 199 g/mol. The lowest BCUT2D eigenvalue weighted by atomic mass is 10.3. The fourth-order valence-corrected chi connectivity index (χ4v) is 1.66. The molecule has 13 heavy (non-hydrogen) atoms. The quantitative estimate of drug-likeness (QED) is 0.744. The van der Waals surface area contributed by atoms with Crippen LogP contribution in [0.1, 0.15) is 6.42 Å². The number of rotatable bonds is 1. The van der Waals surface area contributed by atoms with E-state index in [1.807, 2.05) is 6.07 Å². The first-order valence-corrected chi connectivity index (χ1v) is 4.42. The smallest absolute Gasteiger partial charge is 0.0366 e. The third-order valence-electron chi connectivity index (χ3n) is 2.35. The van der Waals surface area contributed by atoms with Gasteiger partial charge in [-0.3, -0.25) is 0 Å². The van der Waals surface area contributed by atoms with Gasteiger partial charge in [-0.25, -0.2) is 0 Å². The second-order valence-corrected chi connectivity index (χ2v) is 3.33. The van der Waals surface area contributed by atoms with E-state index in [4.69, 9.17) is 5.73 Å². The molecular weight excluding hydrogens is 184 g/mol. The van der Waals surface area contributed by atoms with Gasteiger partial charge in [-0.05, 0) is 18.6 Å². The lowest BCUT2D eigenvalue weighted by molar-refractivity contribution is 0.752. The molecule has 2 rings (SSSR count). The fourth-order valence-electron chi connectivity index (χ4n) is 1.66. The summed E-state index contributed by atoms with van der Waals surface area (Å²) in [5.41, 5.74) is 7.12. The number of halogens is 1. The SMILES string of the molecule is Cl.N[C@@H]1CCN(c2ccccc2)C1. The Hall–Kier alpha value is -0.730. The second-order valence-electron chi connectivity index (χ2n) is 3.33. The van der Waals surface area contributed by atoms with Gasteiger partial charge in [-0.15, -0.1) is 12.4 Å². The molecule has 2 N–H and O–H groups in total. The van der Waals surface area contributed by atoms with E-state index in [0.717, 1.165) is 19.5 Å². The van der Waals surface area contributed by atoms with E-state index < -0.39 is 0 Å². The zero-order chi connectivity index (χ0) is 8.39. The number of benzene rings is 1. The molecule has 1 saturated heterocycles. The van der Waals surface area contributed by atoms with Crippen molar-refractivity contribution in [2.24, 2.45) is 5.73 Å². The second kappa shape index (κ2) is 4.49. The lowest BCUT2D eigenvalue weighted by Gasteiger charge is -2.17. The Bertz CT molecular complexity index is 250. The molecule has 1 aliphatic rings. The largest absolute Gasteiger partial charge is 0.370 e. The minimum absolute atomic E-state index is 0. The highest BCUT2D eigenvalue weighted by Gasteiger charge is 2.18. The van der Waals surface area contributed by atoms with E-state index >= 15 is 0 Å². The van der Waals surface area contributed by atoms with Crippen LogP contribution >= 0.6 is 12.4 Å². The van der Waals surface area contributed by atoms with E-state index in [0.29, 0.717) is 6.04 Å². The summed E-state index contributed by atoms with van der Waals surface area (Å²) >= 11 is 0. The molecular formula is C10H15ClN2. The van der Waals surface area contributed by atoms with Crippen molar-refractivity contribution >= 4 is 18.1 Å². The van der Waals surface area contributed by atoms with Crippen molar-refractivity contribution in [3.63, 3.8) is 0 Å². The topological polar surface area (TPSA) is 29.3 Å². The summed E-state index contributed by atoms with van der Waals surface area (Å²) in [6.45, 7) is 2.11. The fraction of sp³-hybridized carbons (Fsp3) is 0.400. The van der Waals surface area contributed by atoms with E-state index in [1.165, 1.54) is 5.69 Å². The molecule has 0 aliphatic carbocycles. The van der Waals surface area contributed by atoms with Crippen LogP contribution in [-0.2, 0) is 0 Å². The summed E-state index contributed by atoms with van der Waals surface area (Å²) in [7, 11) is 0. The van der Waals surface area contributed by atoms with Crippen molar-refractivity contribution in [1.29, 1.82) is 0 Å². The third-order valence-corrected chi connectivity index (χ3v) is 2.35. The van der Waals surface area contributed by atoms with Crippen LogP contribution in [0, 0.1) is 0 Å². The molecule has 2 nitrogen and oxygen atoms in total. The van der Waals surface area contributed by atoms with Gasteiger partial charge in [0.05, 0.1) is 0 Å². The average Bonchev–Trinajstić information content (AvgIpc) is 2.54. The molecule has 1 heterocycles. The maximum atomic E-state index is 5.82. The van der Waals surface area contributed by atoms with Crippen LogP contribution in [0.3, 0.4) is 0 Å². The molecule has 0 radical (unpaired) electrons. The zero-order valence-electron chi connectivity index (χ0n) is 7.52. The van der Waals surface area contributed by atoms with Crippen molar-refractivity contribution in [3.05, 3.63) is 30.3 Å². The van der Waals surface area contributed by atoms with Gasteiger partial charge in [0.1, 0.15) is 0 Å². The van der Waals surface area contributed by atoms with Gasteiger partial charge in [-0.1, -0.05) is 18.2 Å².